The fourth-order valence-corrected chi connectivity index (χ4v) is 4.60. The van der Waals surface area contributed by atoms with Crippen LogP contribution < -0.4 is 5.32 Å². The highest BCUT2D eigenvalue weighted by Crippen LogP contribution is 2.37. The van der Waals surface area contributed by atoms with Gasteiger partial charge in [-0.1, -0.05) is 37.8 Å². The van der Waals surface area contributed by atoms with Crippen molar-refractivity contribution in [1.82, 2.24) is 9.88 Å². The van der Waals surface area contributed by atoms with Gasteiger partial charge in [0.05, 0.1) is 11.0 Å². The van der Waals surface area contributed by atoms with Crippen LogP contribution in [0, 0.1) is 6.92 Å². The summed E-state index contributed by atoms with van der Waals surface area (Å²) in [5.41, 5.74) is 5.42. The molecule has 0 bridgehead atoms. The molecule has 4 nitrogen and oxygen atoms in total. The number of benzene rings is 2. The number of ether oxygens (including phenoxy) is 1. The standard InChI is InChI=1S/C21H26N2O2Si/c1-14-11-16-17(12-22-21(16)24)19-15-7-5-6-8-18(15)23(20(14)19)13-25-9-10-26(2,3)4/h5-8,11H,9-10,12-13H2,1-4H3,(H,22,24). The number of hydrogen-bond donors (Lipinski definition) is 1. The number of hydrogen-bond acceptors (Lipinski definition) is 2. The Labute approximate surface area is 155 Å². The number of carbonyl (C=O) groups is 1. The topological polar surface area (TPSA) is 43.3 Å². The summed E-state index contributed by atoms with van der Waals surface area (Å²) in [6, 6.07) is 11.6. The predicted molar refractivity (Wildman–Crippen MR) is 109 cm³/mol. The van der Waals surface area contributed by atoms with Crippen LogP contribution in [0.4, 0.5) is 0 Å². The molecule has 0 saturated carbocycles. The van der Waals surface area contributed by atoms with Crippen molar-refractivity contribution in [2.24, 2.45) is 0 Å². The minimum Gasteiger partial charge on any atom is -0.361 e. The number of amides is 1. The Bertz CT molecular complexity index is 1010. The molecule has 1 amide bonds. The number of nitrogens with one attached hydrogen (secondary N) is 1. The first-order chi connectivity index (χ1) is 12.4. The summed E-state index contributed by atoms with van der Waals surface area (Å²) >= 11 is 0. The molecule has 136 valence electrons. The molecule has 5 heteroatoms. The SMILES string of the molecule is Cc1cc2c(c3c4ccccc4n(COCC[Si](C)(C)C)c13)CNC2=O. The van der Waals surface area contributed by atoms with Gasteiger partial charge in [-0.15, -0.1) is 0 Å². The summed E-state index contributed by atoms with van der Waals surface area (Å²) in [6.45, 7) is 11.2. The molecule has 0 spiro atoms. The lowest BCUT2D eigenvalue weighted by molar-refractivity contribution is 0.0928. The van der Waals surface area contributed by atoms with Crippen LogP contribution in [-0.2, 0) is 18.0 Å². The molecule has 3 aromatic rings. The van der Waals surface area contributed by atoms with Crippen LogP contribution in [0.1, 0.15) is 21.5 Å². The molecule has 1 aliphatic heterocycles. The van der Waals surface area contributed by atoms with Gasteiger partial charge in [-0.3, -0.25) is 4.79 Å². The average molecular weight is 367 g/mol. The van der Waals surface area contributed by atoms with Gasteiger partial charge in [0.1, 0.15) is 6.73 Å². The van der Waals surface area contributed by atoms with E-state index in [1.807, 2.05) is 6.07 Å². The van der Waals surface area contributed by atoms with E-state index in [9.17, 15) is 4.79 Å². The molecule has 2 aromatic carbocycles. The summed E-state index contributed by atoms with van der Waals surface area (Å²) in [7, 11) is -1.10. The monoisotopic (exact) mass is 366 g/mol. The van der Waals surface area contributed by atoms with Crippen LogP contribution in [0.3, 0.4) is 0 Å². The first-order valence-corrected chi connectivity index (χ1v) is 13.0. The van der Waals surface area contributed by atoms with E-state index >= 15 is 0 Å². The molecular weight excluding hydrogens is 340 g/mol. The fourth-order valence-electron chi connectivity index (χ4n) is 3.84. The summed E-state index contributed by atoms with van der Waals surface area (Å²) in [4.78, 5) is 12.2. The number of fused-ring (bicyclic) bond motifs is 5. The Kier molecular flexibility index (Phi) is 4.16. The predicted octanol–water partition coefficient (Wildman–Crippen LogP) is 4.66. The summed E-state index contributed by atoms with van der Waals surface area (Å²) in [6.07, 6.45) is 0. The normalized spacial score (nSPS) is 14.2. The number of rotatable bonds is 5. The Morgan fingerprint density at radius 3 is 2.77 bits per heavy atom. The number of nitrogens with zero attached hydrogens (tertiary/aromatic N) is 1. The van der Waals surface area contributed by atoms with Crippen LogP contribution in [0.5, 0.6) is 0 Å². The van der Waals surface area contributed by atoms with Crippen molar-refractivity contribution in [3.8, 4) is 0 Å². The van der Waals surface area contributed by atoms with Gasteiger partial charge in [0.25, 0.3) is 5.91 Å². The maximum absolute atomic E-state index is 12.2. The third-order valence-electron chi connectivity index (χ3n) is 5.22. The van der Waals surface area contributed by atoms with Gasteiger partial charge >= 0.3 is 0 Å². The first-order valence-electron chi connectivity index (χ1n) is 9.26. The number of carbonyl (C=O) groups excluding carboxylic acids is 1. The summed E-state index contributed by atoms with van der Waals surface area (Å²) < 4.78 is 8.35. The second-order valence-electron chi connectivity index (χ2n) is 8.42. The summed E-state index contributed by atoms with van der Waals surface area (Å²) in [5.74, 6) is 0.0354. The molecule has 26 heavy (non-hydrogen) atoms. The van der Waals surface area contributed by atoms with Gasteiger partial charge in [-0.05, 0) is 36.2 Å². The van der Waals surface area contributed by atoms with Crippen LogP contribution in [0.2, 0.25) is 25.7 Å². The molecule has 2 heterocycles. The highest BCUT2D eigenvalue weighted by Gasteiger charge is 2.26. The van der Waals surface area contributed by atoms with Gasteiger partial charge in [0.15, 0.2) is 0 Å². The van der Waals surface area contributed by atoms with Crippen molar-refractivity contribution >= 4 is 35.8 Å². The zero-order chi connectivity index (χ0) is 18.5. The molecular formula is C21H26N2O2Si. The molecule has 1 aromatic heterocycles. The minimum absolute atomic E-state index is 0.0354. The second-order valence-corrected chi connectivity index (χ2v) is 14.0. The quantitative estimate of drug-likeness (QED) is 0.527. The fraction of sp³-hybridized carbons (Fsp3) is 0.381. The largest absolute Gasteiger partial charge is 0.361 e. The highest BCUT2D eigenvalue weighted by atomic mass is 28.3. The first kappa shape index (κ1) is 17.3. The minimum atomic E-state index is -1.10. The highest BCUT2D eigenvalue weighted by molar-refractivity contribution is 6.76. The van der Waals surface area contributed by atoms with Gasteiger partial charge in [0, 0.05) is 37.6 Å². The van der Waals surface area contributed by atoms with Crippen LogP contribution >= 0.6 is 0 Å². The molecule has 0 fully saturated rings. The Morgan fingerprint density at radius 2 is 2.00 bits per heavy atom. The van der Waals surface area contributed by atoms with E-state index in [1.165, 1.54) is 21.8 Å². The van der Waals surface area contributed by atoms with Crippen molar-refractivity contribution in [3.05, 3.63) is 47.0 Å². The van der Waals surface area contributed by atoms with Gasteiger partial charge in [-0.2, -0.15) is 0 Å². The smallest absolute Gasteiger partial charge is 0.251 e. The molecule has 0 aliphatic carbocycles. The lowest BCUT2D eigenvalue weighted by Crippen LogP contribution is -2.22. The average Bonchev–Trinajstić information content (AvgIpc) is 3.10. The van der Waals surface area contributed by atoms with Crippen molar-refractivity contribution in [2.75, 3.05) is 6.61 Å². The van der Waals surface area contributed by atoms with Crippen LogP contribution in [0.25, 0.3) is 21.8 Å². The molecule has 0 atom stereocenters. The molecule has 0 radical (unpaired) electrons. The Hall–Kier alpha value is -2.11. The van der Waals surface area contributed by atoms with E-state index in [0.717, 1.165) is 29.3 Å². The van der Waals surface area contributed by atoms with E-state index in [2.05, 4.69) is 60.7 Å². The summed E-state index contributed by atoms with van der Waals surface area (Å²) in [5, 5.41) is 5.37. The van der Waals surface area contributed by atoms with E-state index in [-0.39, 0.29) is 5.91 Å². The van der Waals surface area contributed by atoms with Gasteiger partial charge in [-0.25, -0.2) is 0 Å². The zero-order valence-electron chi connectivity index (χ0n) is 16.0. The Balaban J connectivity index is 1.83. The molecule has 0 unspecified atom stereocenters. The van der Waals surface area contributed by atoms with Crippen molar-refractivity contribution < 1.29 is 9.53 Å². The van der Waals surface area contributed by atoms with Crippen molar-refractivity contribution in [3.63, 3.8) is 0 Å². The van der Waals surface area contributed by atoms with E-state index in [0.29, 0.717) is 13.3 Å². The van der Waals surface area contributed by atoms with E-state index < -0.39 is 8.07 Å². The molecule has 4 rings (SSSR count). The lowest BCUT2D eigenvalue weighted by Gasteiger charge is -2.16. The second kappa shape index (κ2) is 6.25. The Morgan fingerprint density at radius 1 is 1.23 bits per heavy atom. The maximum Gasteiger partial charge on any atom is 0.251 e. The lowest BCUT2D eigenvalue weighted by atomic mass is 9.99. The number of aromatic nitrogens is 1. The van der Waals surface area contributed by atoms with Crippen LogP contribution in [-0.4, -0.2) is 25.2 Å². The zero-order valence-corrected chi connectivity index (χ0v) is 17.0. The van der Waals surface area contributed by atoms with Crippen molar-refractivity contribution in [2.45, 2.75) is 45.9 Å². The maximum atomic E-state index is 12.2. The van der Waals surface area contributed by atoms with Gasteiger partial charge in [0.2, 0.25) is 0 Å². The van der Waals surface area contributed by atoms with E-state index in [4.69, 9.17) is 4.74 Å². The third kappa shape index (κ3) is 2.85. The van der Waals surface area contributed by atoms with Crippen LogP contribution in [0.15, 0.2) is 30.3 Å². The molecule has 1 aliphatic rings. The van der Waals surface area contributed by atoms with Gasteiger partial charge < -0.3 is 14.6 Å². The van der Waals surface area contributed by atoms with E-state index in [1.54, 1.807) is 0 Å². The number of aryl methyl sites for hydroxylation is 1. The third-order valence-corrected chi connectivity index (χ3v) is 6.92. The number of para-hydroxylation sites is 1. The molecule has 0 saturated heterocycles. The molecule has 1 N–H and O–H groups in total. The van der Waals surface area contributed by atoms with Crippen molar-refractivity contribution in [1.29, 1.82) is 0 Å².